The van der Waals surface area contributed by atoms with Crippen molar-refractivity contribution >= 4 is 5.97 Å². The monoisotopic (exact) mass is 398 g/mol. The highest BCUT2D eigenvalue weighted by atomic mass is 16.5. The maximum Gasteiger partial charge on any atom is 0.338 e. The first kappa shape index (κ1) is 19.1. The zero-order valence-corrected chi connectivity index (χ0v) is 16.3. The highest BCUT2D eigenvalue weighted by Gasteiger charge is 2.18. The molecule has 0 unspecified atom stereocenters. The number of aromatic nitrogens is 5. The lowest BCUT2D eigenvalue weighted by molar-refractivity contribution is 0.0464. The van der Waals surface area contributed by atoms with Gasteiger partial charge in [0.2, 0.25) is 0 Å². The summed E-state index contributed by atoms with van der Waals surface area (Å²) in [5.74, 6) is -0.468. The number of hydrogen-bond acceptors (Lipinski definition) is 6. The Morgan fingerprint density at radius 3 is 2.57 bits per heavy atom. The largest absolute Gasteiger partial charge is 0.456 e. The number of ether oxygens (including phenoxy) is 1. The molecule has 0 radical (unpaired) electrons. The normalized spacial score (nSPS) is 10.5. The van der Waals surface area contributed by atoms with E-state index in [9.17, 15) is 10.1 Å². The number of carbonyl (C=O) groups excluding carboxylic acids is 1. The lowest BCUT2D eigenvalue weighted by Gasteiger charge is -2.09. The van der Waals surface area contributed by atoms with Crippen molar-refractivity contribution in [1.29, 1.82) is 5.26 Å². The van der Waals surface area contributed by atoms with Gasteiger partial charge in [0.25, 0.3) is 0 Å². The van der Waals surface area contributed by atoms with Crippen LogP contribution in [0.25, 0.3) is 5.69 Å². The van der Waals surface area contributed by atoms with E-state index in [-0.39, 0.29) is 6.61 Å². The average Bonchev–Trinajstić information content (AvgIpc) is 3.40. The first-order valence-corrected chi connectivity index (χ1v) is 9.28. The summed E-state index contributed by atoms with van der Waals surface area (Å²) in [7, 11) is 0. The summed E-state index contributed by atoms with van der Waals surface area (Å²) in [4.78, 5) is 16.4. The van der Waals surface area contributed by atoms with Gasteiger partial charge in [0.1, 0.15) is 30.9 Å². The van der Waals surface area contributed by atoms with Crippen molar-refractivity contribution < 1.29 is 9.53 Å². The molecule has 4 aromatic rings. The maximum absolute atomic E-state index is 12.5. The molecule has 0 amide bonds. The lowest BCUT2D eigenvalue weighted by Crippen LogP contribution is -2.10. The fourth-order valence-electron chi connectivity index (χ4n) is 3.10. The Bertz CT molecular complexity index is 1190. The summed E-state index contributed by atoms with van der Waals surface area (Å²) in [6, 6.07) is 18.7. The predicted octanol–water partition coefficient (Wildman–Crippen LogP) is 3.05. The Morgan fingerprint density at radius 1 is 1.13 bits per heavy atom. The molecule has 0 saturated heterocycles. The second kappa shape index (κ2) is 8.41. The minimum Gasteiger partial charge on any atom is -0.456 e. The van der Waals surface area contributed by atoms with Gasteiger partial charge < -0.3 is 4.74 Å². The lowest BCUT2D eigenvalue weighted by atomic mass is 10.1. The Balaban J connectivity index is 1.49. The van der Waals surface area contributed by atoms with Gasteiger partial charge in [-0.2, -0.15) is 15.5 Å². The first-order valence-electron chi connectivity index (χ1n) is 9.28. The van der Waals surface area contributed by atoms with Gasteiger partial charge in [0.05, 0.1) is 29.2 Å². The minimum absolute atomic E-state index is 0.0574. The molecule has 148 valence electrons. The molecule has 0 fully saturated rings. The van der Waals surface area contributed by atoms with E-state index >= 15 is 0 Å². The summed E-state index contributed by atoms with van der Waals surface area (Å²) in [5.41, 5.74) is 3.75. The Kier molecular flexibility index (Phi) is 5.35. The number of aryl methyl sites for hydroxylation is 1. The van der Waals surface area contributed by atoms with E-state index in [1.807, 2.05) is 42.5 Å². The van der Waals surface area contributed by atoms with Gasteiger partial charge in [0, 0.05) is 0 Å². The number of hydrogen-bond donors (Lipinski definition) is 0. The van der Waals surface area contributed by atoms with Gasteiger partial charge in [-0.15, -0.1) is 0 Å². The third kappa shape index (κ3) is 3.95. The van der Waals surface area contributed by atoms with Crippen molar-refractivity contribution in [3.63, 3.8) is 0 Å². The summed E-state index contributed by atoms with van der Waals surface area (Å²) < 4.78 is 8.84. The van der Waals surface area contributed by atoms with Crippen molar-refractivity contribution in [2.24, 2.45) is 0 Å². The Morgan fingerprint density at radius 2 is 1.90 bits per heavy atom. The fraction of sp³-hybridized carbons (Fsp3) is 0.136. The Labute approximate surface area is 173 Å². The van der Waals surface area contributed by atoms with Gasteiger partial charge in [-0.1, -0.05) is 30.3 Å². The number of rotatable bonds is 6. The van der Waals surface area contributed by atoms with Crippen LogP contribution in [0, 0.1) is 18.3 Å². The molecule has 0 aliphatic carbocycles. The average molecular weight is 398 g/mol. The molecule has 0 aliphatic rings. The molecule has 0 bridgehead atoms. The van der Waals surface area contributed by atoms with Crippen LogP contribution in [-0.2, 0) is 17.9 Å². The van der Waals surface area contributed by atoms with Gasteiger partial charge in [-0.3, -0.25) is 0 Å². The number of nitriles is 1. The number of para-hydroxylation sites is 1. The van der Waals surface area contributed by atoms with E-state index in [2.05, 4.69) is 21.3 Å². The molecule has 2 aromatic heterocycles. The van der Waals surface area contributed by atoms with E-state index in [0.717, 1.165) is 11.3 Å². The molecular formula is C22H18N6O2. The number of nitrogens with zero attached hydrogens (tertiary/aromatic N) is 6. The van der Waals surface area contributed by atoms with Crippen LogP contribution in [-0.4, -0.2) is 30.5 Å². The molecule has 2 aromatic carbocycles. The summed E-state index contributed by atoms with van der Waals surface area (Å²) >= 11 is 0. The smallest absolute Gasteiger partial charge is 0.338 e. The van der Waals surface area contributed by atoms with Crippen molar-refractivity contribution in [3.8, 4) is 11.8 Å². The zero-order valence-electron chi connectivity index (χ0n) is 16.3. The SMILES string of the molecule is Cc1nn(-c2ccccc2)c(COC(=O)c2ccc(Cn3cncn3)cc2)c1C#N. The van der Waals surface area contributed by atoms with Crippen LogP contribution in [0.5, 0.6) is 0 Å². The quantitative estimate of drug-likeness (QED) is 0.463. The molecule has 0 aliphatic heterocycles. The number of carbonyl (C=O) groups is 1. The van der Waals surface area contributed by atoms with Gasteiger partial charge >= 0.3 is 5.97 Å². The molecule has 2 heterocycles. The highest BCUT2D eigenvalue weighted by molar-refractivity contribution is 5.89. The topological polar surface area (TPSA) is 98.6 Å². The van der Waals surface area contributed by atoms with Gasteiger partial charge in [0.15, 0.2) is 0 Å². The molecule has 8 heteroatoms. The van der Waals surface area contributed by atoms with Crippen LogP contribution in [0.15, 0.2) is 67.3 Å². The van der Waals surface area contributed by atoms with Crippen LogP contribution in [0.2, 0.25) is 0 Å². The molecule has 30 heavy (non-hydrogen) atoms. The van der Waals surface area contributed by atoms with Crippen molar-refractivity contribution in [2.75, 3.05) is 0 Å². The molecule has 8 nitrogen and oxygen atoms in total. The van der Waals surface area contributed by atoms with Crippen LogP contribution in [0.4, 0.5) is 0 Å². The van der Waals surface area contributed by atoms with Crippen molar-refractivity contribution in [2.45, 2.75) is 20.1 Å². The second-order valence-corrected chi connectivity index (χ2v) is 6.63. The van der Waals surface area contributed by atoms with Crippen LogP contribution < -0.4 is 0 Å². The summed E-state index contributed by atoms with van der Waals surface area (Å²) in [5, 5.41) is 18.0. The van der Waals surface area contributed by atoms with E-state index < -0.39 is 5.97 Å². The maximum atomic E-state index is 12.5. The fourth-order valence-corrected chi connectivity index (χ4v) is 3.10. The molecule has 0 spiro atoms. The van der Waals surface area contributed by atoms with E-state index in [0.29, 0.717) is 29.1 Å². The summed E-state index contributed by atoms with van der Waals surface area (Å²) in [6.45, 7) is 2.27. The van der Waals surface area contributed by atoms with Crippen molar-refractivity contribution in [3.05, 3.63) is 95.3 Å². The van der Waals surface area contributed by atoms with E-state index in [1.54, 1.807) is 34.7 Å². The molecule has 0 atom stereocenters. The predicted molar refractivity (Wildman–Crippen MR) is 108 cm³/mol. The van der Waals surface area contributed by atoms with Crippen LogP contribution >= 0.6 is 0 Å². The van der Waals surface area contributed by atoms with E-state index in [4.69, 9.17) is 4.74 Å². The highest BCUT2D eigenvalue weighted by Crippen LogP contribution is 2.19. The number of benzene rings is 2. The Hall–Kier alpha value is -4.25. The molecule has 0 saturated carbocycles. The first-order chi connectivity index (χ1) is 14.7. The molecular weight excluding hydrogens is 380 g/mol. The van der Waals surface area contributed by atoms with Gasteiger partial charge in [-0.05, 0) is 36.8 Å². The standard InChI is InChI=1S/C22H18N6O2/c1-16-20(11-23)21(28(26-16)19-5-3-2-4-6-19)13-30-22(29)18-9-7-17(8-10-18)12-27-15-24-14-25-27/h2-10,14-15H,12-13H2,1H3. The van der Waals surface area contributed by atoms with Crippen LogP contribution in [0.1, 0.15) is 32.9 Å². The molecule has 4 rings (SSSR count). The minimum atomic E-state index is -0.468. The third-order valence-electron chi connectivity index (χ3n) is 4.61. The van der Waals surface area contributed by atoms with E-state index in [1.165, 1.54) is 6.33 Å². The van der Waals surface area contributed by atoms with Crippen molar-refractivity contribution in [1.82, 2.24) is 24.5 Å². The zero-order chi connectivity index (χ0) is 20.9. The second-order valence-electron chi connectivity index (χ2n) is 6.63. The number of esters is 1. The summed E-state index contributed by atoms with van der Waals surface area (Å²) in [6.07, 6.45) is 3.11. The third-order valence-corrected chi connectivity index (χ3v) is 4.61. The van der Waals surface area contributed by atoms with Crippen LogP contribution in [0.3, 0.4) is 0 Å². The molecule has 0 N–H and O–H groups in total. The van der Waals surface area contributed by atoms with Gasteiger partial charge in [-0.25, -0.2) is 19.1 Å².